The topological polar surface area (TPSA) is 55.1 Å². The van der Waals surface area contributed by atoms with Crippen molar-refractivity contribution in [1.82, 2.24) is 5.16 Å². The van der Waals surface area contributed by atoms with Gasteiger partial charge in [-0.2, -0.15) is 0 Å². The lowest BCUT2D eigenvalue weighted by Gasteiger charge is -2.08. The third-order valence-corrected chi connectivity index (χ3v) is 4.18. The number of nitrogens with one attached hydrogen (secondary N) is 1. The second-order valence-corrected chi connectivity index (χ2v) is 6.59. The molecule has 0 radical (unpaired) electrons. The number of amides is 1. The lowest BCUT2D eigenvalue weighted by Crippen LogP contribution is -2.14. The van der Waals surface area contributed by atoms with E-state index in [-0.39, 0.29) is 12.3 Å². The van der Waals surface area contributed by atoms with Crippen molar-refractivity contribution in [2.24, 2.45) is 0 Å². The quantitative estimate of drug-likeness (QED) is 0.754. The maximum absolute atomic E-state index is 12.3. The predicted molar refractivity (Wildman–Crippen MR) is 96.3 cm³/mol. The van der Waals surface area contributed by atoms with E-state index in [1.54, 1.807) is 0 Å². The van der Waals surface area contributed by atoms with Crippen LogP contribution in [0.25, 0.3) is 11.0 Å². The van der Waals surface area contributed by atoms with Crippen LogP contribution >= 0.6 is 0 Å². The Morgan fingerprint density at radius 3 is 2.54 bits per heavy atom. The highest BCUT2D eigenvalue weighted by Crippen LogP contribution is 2.25. The highest BCUT2D eigenvalue weighted by atomic mass is 16.5. The molecule has 3 rings (SSSR count). The number of hydrogen-bond donors (Lipinski definition) is 1. The Morgan fingerprint density at radius 2 is 1.88 bits per heavy atom. The van der Waals surface area contributed by atoms with Crippen LogP contribution in [0.3, 0.4) is 0 Å². The van der Waals surface area contributed by atoms with Crippen LogP contribution in [0.2, 0.25) is 0 Å². The van der Waals surface area contributed by atoms with E-state index in [4.69, 9.17) is 4.52 Å². The number of benzene rings is 2. The number of hydrogen-bond acceptors (Lipinski definition) is 3. The number of rotatable bonds is 4. The molecule has 4 heteroatoms. The molecule has 1 N–H and O–H groups in total. The van der Waals surface area contributed by atoms with E-state index in [0.717, 1.165) is 27.8 Å². The van der Waals surface area contributed by atoms with Gasteiger partial charge in [0.1, 0.15) is 5.69 Å². The number of fused-ring (bicyclic) bond motifs is 1. The van der Waals surface area contributed by atoms with E-state index in [2.05, 4.69) is 30.4 Å². The molecule has 3 aromatic rings. The maximum atomic E-state index is 12.3. The van der Waals surface area contributed by atoms with Gasteiger partial charge >= 0.3 is 0 Å². The summed E-state index contributed by atoms with van der Waals surface area (Å²) in [4.78, 5) is 12.3. The molecule has 0 saturated heterocycles. The Labute approximate surface area is 141 Å². The lowest BCUT2D eigenvalue weighted by atomic mass is 10.0. The summed E-state index contributed by atoms with van der Waals surface area (Å²) in [7, 11) is 0. The van der Waals surface area contributed by atoms with Crippen LogP contribution in [0.5, 0.6) is 0 Å². The Morgan fingerprint density at radius 1 is 1.17 bits per heavy atom. The molecule has 2 aromatic carbocycles. The minimum Gasteiger partial charge on any atom is -0.356 e. The van der Waals surface area contributed by atoms with Crippen molar-refractivity contribution in [1.29, 1.82) is 0 Å². The molecule has 0 unspecified atom stereocenters. The van der Waals surface area contributed by atoms with Crippen molar-refractivity contribution in [3.8, 4) is 0 Å². The third kappa shape index (κ3) is 3.32. The van der Waals surface area contributed by atoms with Crippen molar-refractivity contribution >= 4 is 22.6 Å². The summed E-state index contributed by atoms with van der Waals surface area (Å²) in [6.07, 6.45) is 0.197. The fourth-order valence-corrected chi connectivity index (χ4v) is 2.95. The molecule has 0 atom stereocenters. The van der Waals surface area contributed by atoms with Crippen LogP contribution < -0.4 is 5.32 Å². The summed E-state index contributed by atoms with van der Waals surface area (Å²) in [5, 5.41) is 7.94. The van der Waals surface area contributed by atoms with Gasteiger partial charge in [-0.25, -0.2) is 0 Å². The minimum atomic E-state index is -0.0949. The summed E-state index contributed by atoms with van der Waals surface area (Å²) in [5.41, 5.74) is 5.66. The molecule has 1 amide bonds. The highest BCUT2D eigenvalue weighted by molar-refractivity contribution is 5.95. The van der Waals surface area contributed by atoms with Gasteiger partial charge in [-0.15, -0.1) is 0 Å². The maximum Gasteiger partial charge on any atom is 0.230 e. The Bertz CT molecular complexity index is 877. The SMILES string of the molecule is Cc1cc(C)c2c(CC(=O)Nc3ccc(C(C)C)cc3)noc2c1. The Balaban J connectivity index is 1.75. The normalized spacial score (nSPS) is 11.2. The first-order chi connectivity index (χ1) is 11.4. The zero-order chi connectivity index (χ0) is 17.3. The Hall–Kier alpha value is -2.62. The summed E-state index contributed by atoms with van der Waals surface area (Å²) < 4.78 is 5.37. The van der Waals surface area contributed by atoms with E-state index in [1.165, 1.54) is 5.56 Å². The molecule has 24 heavy (non-hydrogen) atoms. The molecular weight excluding hydrogens is 300 g/mol. The van der Waals surface area contributed by atoms with Crippen molar-refractivity contribution in [3.63, 3.8) is 0 Å². The largest absolute Gasteiger partial charge is 0.356 e. The minimum absolute atomic E-state index is 0.0949. The van der Waals surface area contributed by atoms with Gasteiger partial charge in [0.2, 0.25) is 5.91 Å². The molecule has 0 bridgehead atoms. The van der Waals surface area contributed by atoms with E-state index in [9.17, 15) is 4.79 Å². The van der Waals surface area contributed by atoms with Gasteiger partial charge in [-0.1, -0.05) is 37.2 Å². The van der Waals surface area contributed by atoms with Crippen molar-refractivity contribution in [2.45, 2.75) is 40.0 Å². The molecule has 1 heterocycles. The first kappa shape index (κ1) is 16.2. The number of nitrogens with zero attached hydrogens (tertiary/aromatic N) is 1. The zero-order valence-electron chi connectivity index (χ0n) is 14.5. The van der Waals surface area contributed by atoms with Crippen molar-refractivity contribution < 1.29 is 9.32 Å². The second kappa shape index (κ2) is 6.48. The molecule has 0 aliphatic carbocycles. The summed E-state index contributed by atoms with van der Waals surface area (Å²) in [6.45, 7) is 8.32. The second-order valence-electron chi connectivity index (χ2n) is 6.59. The fraction of sp³-hybridized carbons (Fsp3) is 0.300. The molecule has 0 aliphatic heterocycles. The van der Waals surface area contributed by atoms with E-state index >= 15 is 0 Å². The standard InChI is InChI=1S/C20H22N2O2/c1-12(2)15-5-7-16(8-6-15)21-19(23)11-17-20-14(4)9-13(3)10-18(20)24-22-17/h5-10,12H,11H2,1-4H3,(H,21,23). The molecular formula is C20H22N2O2. The van der Waals surface area contributed by atoms with Crippen LogP contribution in [0.15, 0.2) is 40.9 Å². The molecule has 0 fully saturated rings. The molecule has 0 aliphatic rings. The van der Waals surface area contributed by atoms with Gasteiger partial charge in [-0.3, -0.25) is 4.79 Å². The van der Waals surface area contributed by atoms with Gasteiger partial charge in [0, 0.05) is 11.1 Å². The van der Waals surface area contributed by atoms with Crippen LogP contribution in [0.1, 0.15) is 42.1 Å². The molecule has 0 spiro atoms. The van der Waals surface area contributed by atoms with Crippen LogP contribution in [-0.4, -0.2) is 11.1 Å². The van der Waals surface area contributed by atoms with E-state index in [0.29, 0.717) is 11.6 Å². The lowest BCUT2D eigenvalue weighted by molar-refractivity contribution is -0.115. The van der Waals surface area contributed by atoms with Crippen LogP contribution in [0, 0.1) is 13.8 Å². The number of carbonyl (C=O) groups excluding carboxylic acids is 1. The fourth-order valence-electron chi connectivity index (χ4n) is 2.95. The predicted octanol–water partition coefficient (Wildman–Crippen LogP) is 4.75. The highest BCUT2D eigenvalue weighted by Gasteiger charge is 2.15. The first-order valence-electron chi connectivity index (χ1n) is 8.19. The van der Waals surface area contributed by atoms with Gasteiger partial charge in [0.05, 0.1) is 6.42 Å². The zero-order valence-corrected chi connectivity index (χ0v) is 14.5. The molecule has 0 saturated carbocycles. The summed E-state index contributed by atoms with van der Waals surface area (Å²) in [5.74, 6) is 0.380. The number of aryl methyl sites for hydroxylation is 2. The molecule has 4 nitrogen and oxygen atoms in total. The number of anilines is 1. The summed E-state index contributed by atoms with van der Waals surface area (Å²) >= 11 is 0. The van der Waals surface area contributed by atoms with E-state index in [1.807, 2.05) is 44.2 Å². The van der Waals surface area contributed by atoms with E-state index < -0.39 is 0 Å². The van der Waals surface area contributed by atoms with Crippen LogP contribution in [0.4, 0.5) is 5.69 Å². The molecule has 124 valence electrons. The van der Waals surface area contributed by atoms with Crippen LogP contribution in [-0.2, 0) is 11.2 Å². The Kier molecular flexibility index (Phi) is 4.38. The molecule has 1 aromatic heterocycles. The van der Waals surface area contributed by atoms with Gasteiger partial charge in [-0.05, 0) is 54.7 Å². The first-order valence-corrected chi connectivity index (χ1v) is 8.19. The average molecular weight is 322 g/mol. The monoisotopic (exact) mass is 322 g/mol. The summed E-state index contributed by atoms with van der Waals surface area (Å²) in [6, 6.07) is 12.0. The van der Waals surface area contributed by atoms with Gasteiger partial charge in [0.25, 0.3) is 0 Å². The van der Waals surface area contributed by atoms with Crippen molar-refractivity contribution in [2.75, 3.05) is 5.32 Å². The smallest absolute Gasteiger partial charge is 0.230 e. The van der Waals surface area contributed by atoms with Crippen molar-refractivity contribution in [3.05, 3.63) is 58.8 Å². The average Bonchev–Trinajstić information content (AvgIpc) is 2.90. The van der Waals surface area contributed by atoms with Gasteiger partial charge < -0.3 is 9.84 Å². The third-order valence-electron chi connectivity index (χ3n) is 4.18. The number of aromatic nitrogens is 1. The van der Waals surface area contributed by atoms with Gasteiger partial charge in [0.15, 0.2) is 5.58 Å². The number of carbonyl (C=O) groups is 1.